The highest BCUT2D eigenvalue weighted by Crippen LogP contribution is 2.24. The molecule has 3 nitrogen and oxygen atoms in total. The van der Waals surface area contributed by atoms with E-state index in [1.807, 2.05) is 7.05 Å². The smallest absolute Gasteiger partial charge is 0.0808 e. The number of hydrogen-bond donors (Lipinski definition) is 1. The molecule has 82 valence electrons. The molecule has 1 saturated carbocycles. The average molecular weight is 199 g/mol. The van der Waals surface area contributed by atoms with Gasteiger partial charge in [0.2, 0.25) is 0 Å². The van der Waals surface area contributed by atoms with Gasteiger partial charge in [0.05, 0.1) is 18.8 Å². The summed E-state index contributed by atoms with van der Waals surface area (Å²) in [7, 11) is 2.02. The van der Waals surface area contributed by atoms with Crippen LogP contribution in [0.5, 0.6) is 0 Å². The van der Waals surface area contributed by atoms with E-state index in [1.165, 1.54) is 32.1 Å². The Hall–Kier alpha value is -0.120. The summed E-state index contributed by atoms with van der Waals surface area (Å²) in [5.41, 5.74) is 0. The monoisotopic (exact) mass is 199 g/mol. The van der Waals surface area contributed by atoms with E-state index in [-0.39, 0.29) is 0 Å². The lowest BCUT2D eigenvalue weighted by Crippen LogP contribution is -2.44. The van der Waals surface area contributed by atoms with E-state index >= 15 is 0 Å². The molecule has 2 rings (SSSR count). The Bertz CT molecular complexity index is 163. The van der Waals surface area contributed by atoms with E-state index in [4.69, 9.17) is 9.47 Å². The van der Waals surface area contributed by atoms with Gasteiger partial charge in [-0.2, -0.15) is 0 Å². The zero-order valence-corrected chi connectivity index (χ0v) is 9.00. The van der Waals surface area contributed by atoms with Gasteiger partial charge in [-0.25, -0.2) is 0 Å². The van der Waals surface area contributed by atoms with E-state index < -0.39 is 0 Å². The van der Waals surface area contributed by atoms with Crippen LogP contribution in [0.4, 0.5) is 0 Å². The lowest BCUT2D eigenvalue weighted by molar-refractivity contribution is -0.0868. The van der Waals surface area contributed by atoms with E-state index in [0.717, 1.165) is 13.2 Å². The highest BCUT2D eigenvalue weighted by Gasteiger charge is 2.29. The third kappa shape index (κ3) is 2.69. The zero-order valence-electron chi connectivity index (χ0n) is 9.00. The molecule has 1 atom stereocenters. The van der Waals surface area contributed by atoms with Crippen LogP contribution in [0.2, 0.25) is 0 Å². The Morgan fingerprint density at radius 2 is 2.21 bits per heavy atom. The molecule has 0 radical (unpaired) electrons. The summed E-state index contributed by atoms with van der Waals surface area (Å²) in [5, 5.41) is 3.26. The summed E-state index contributed by atoms with van der Waals surface area (Å²) < 4.78 is 11.4. The molecule has 0 bridgehead atoms. The van der Waals surface area contributed by atoms with E-state index in [0.29, 0.717) is 18.2 Å². The predicted molar refractivity (Wildman–Crippen MR) is 55.4 cm³/mol. The molecule has 0 amide bonds. The van der Waals surface area contributed by atoms with Gasteiger partial charge in [-0.15, -0.1) is 0 Å². The molecule has 1 aliphatic carbocycles. The van der Waals surface area contributed by atoms with Crippen LogP contribution in [0.25, 0.3) is 0 Å². The molecule has 3 heteroatoms. The first-order valence-electron chi connectivity index (χ1n) is 5.79. The third-order valence-electron chi connectivity index (χ3n) is 3.29. The first-order valence-corrected chi connectivity index (χ1v) is 5.79. The van der Waals surface area contributed by atoms with E-state index in [1.54, 1.807) is 0 Å². The van der Waals surface area contributed by atoms with Crippen molar-refractivity contribution in [2.75, 3.05) is 20.3 Å². The fourth-order valence-corrected chi connectivity index (χ4v) is 2.12. The topological polar surface area (TPSA) is 30.5 Å². The summed E-state index contributed by atoms with van der Waals surface area (Å²) in [5.74, 6) is 0. The molecule has 2 aliphatic rings. The van der Waals surface area contributed by atoms with Crippen molar-refractivity contribution in [2.24, 2.45) is 0 Å². The van der Waals surface area contributed by atoms with Crippen LogP contribution in [-0.2, 0) is 9.47 Å². The maximum Gasteiger partial charge on any atom is 0.0808 e. The molecular weight excluding hydrogens is 178 g/mol. The second-order valence-corrected chi connectivity index (χ2v) is 4.40. The van der Waals surface area contributed by atoms with Crippen molar-refractivity contribution in [2.45, 2.75) is 50.4 Å². The van der Waals surface area contributed by atoms with Crippen molar-refractivity contribution < 1.29 is 9.47 Å². The maximum atomic E-state index is 5.78. The normalized spacial score (nSPS) is 37.9. The third-order valence-corrected chi connectivity index (χ3v) is 3.29. The molecule has 0 aromatic rings. The molecule has 2 fully saturated rings. The Balaban J connectivity index is 1.54. The Morgan fingerprint density at radius 3 is 2.86 bits per heavy atom. The first-order chi connectivity index (χ1) is 6.88. The second-order valence-electron chi connectivity index (χ2n) is 4.40. The standard InChI is InChI=1S/C11H21NO2/c1-12-9-6-11(7-9)14-8-10-4-2-3-5-13-10/h9-12H,2-8H2,1H3. The lowest BCUT2D eigenvalue weighted by atomic mass is 9.89. The summed E-state index contributed by atoms with van der Waals surface area (Å²) >= 11 is 0. The van der Waals surface area contributed by atoms with Crippen LogP contribution in [0, 0.1) is 0 Å². The molecular formula is C11H21NO2. The van der Waals surface area contributed by atoms with Gasteiger partial charge in [-0.1, -0.05) is 0 Å². The SMILES string of the molecule is CNC1CC(OCC2CCCCO2)C1. The molecule has 0 spiro atoms. The fraction of sp³-hybridized carbons (Fsp3) is 1.00. The number of ether oxygens (including phenoxy) is 2. The zero-order chi connectivity index (χ0) is 9.80. The predicted octanol–water partition coefficient (Wildman–Crippen LogP) is 1.32. The largest absolute Gasteiger partial charge is 0.376 e. The van der Waals surface area contributed by atoms with Crippen LogP contribution in [0.3, 0.4) is 0 Å². The van der Waals surface area contributed by atoms with Gasteiger partial charge < -0.3 is 14.8 Å². The molecule has 14 heavy (non-hydrogen) atoms. The summed E-state index contributed by atoms with van der Waals surface area (Å²) in [6.45, 7) is 1.74. The van der Waals surface area contributed by atoms with Crippen molar-refractivity contribution in [3.8, 4) is 0 Å². The van der Waals surface area contributed by atoms with Crippen LogP contribution in [0.1, 0.15) is 32.1 Å². The number of rotatable bonds is 4. The van der Waals surface area contributed by atoms with Gasteiger partial charge in [0, 0.05) is 12.6 Å². The Morgan fingerprint density at radius 1 is 1.36 bits per heavy atom. The van der Waals surface area contributed by atoms with Crippen molar-refractivity contribution in [3.05, 3.63) is 0 Å². The minimum absolute atomic E-state index is 0.373. The van der Waals surface area contributed by atoms with E-state index in [9.17, 15) is 0 Å². The maximum absolute atomic E-state index is 5.78. The van der Waals surface area contributed by atoms with Gasteiger partial charge in [0.1, 0.15) is 0 Å². The van der Waals surface area contributed by atoms with Crippen molar-refractivity contribution in [1.29, 1.82) is 0 Å². The van der Waals surface area contributed by atoms with Gasteiger partial charge in [0.15, 0.2) is 0 Å². The second kappa shape index (κ2) is 5.10. The minimum Gasteiger partial charge on any atom is -0.376 e. The van der Waals surface area contributed by atoms with Gasteiger partial charge in [-0.3, -0.25) is 0 Å². The fourth-order valence-electron chi connectivity index (χ4n) is 2.12. The molecule has 0 aromatic heterocycles. The minimum atomic E-state index is 0.373. The average Bonchev–Trinajstić information content (AvgIpc) is 2.17. The highest BCUT2D eigenvalue weighted by molar-refractivity contribution is 4.85. The van der Waals surface area contributed by atoms with Crippen LogP contribution in [0.15, 0.2) is 0 Å². The van der Waals surface area contributed by atoms with Crippen molar-refractivity contribution in [3.63, 3.8) is 0 Å². The molecule has 1 saturated heterocycles. The summed E-state index contributed by atoms with van der Waals surface area (Å²) in [6.07, 6.45) is 6.91. The summed E-state index contributed by atoms with van der Waals surface area (Å²) in [6, 6.07) is 0.687. The van der Waals surface area contributed by atoms with E-state index in [2.05, 4.69) is 5.32 Å². The molecule has 1 heterocycles. The van der Waals surface area contributed by atoms with Crippen LogP contribution < -0.4 is 5.32 Å². The van der Waals surface area contributed by atoms with Crippen LogP contribution >= 0.6 is 0 Å². The Kier molecular flexibility index (Phi) is 3.79. The van der Waals surface area contributed by atoms with Crippen molar-refractivity contribution in [1.82, 2.24) is 5.32 Å². The summed E-state index contributed by atoms with van der Waals surface area (Å²) in [4.78, 5) is 0. The molecule has 0 aromatic carbocycles. The molecule has 1 aliphatic heterocycles. The van der Waals surface area contributed by atoms with Crippen molar-refractivity contribution >= 4 is 0 Å². The Labute approximate surface area is 86.2 Å². The lowest BCUT2D eigenvalue weighted by Gasteiger charge is -2.36. The molecule has 1 N–H and O–H groups in total. The number of nitrogens with one attached hydrogen (secondary N) is 1. The highest BCUT2D eigenvalue weighted by atomic mass is 16.5. The quantitative estimate of drug-likeness (QED) is 0.741. The van der Waals surface area contributed by atoms with Crippen LogP contribution in [-0.4, -0.2) is 38.5 Å². The molecule has 1 unspecified atom stereocenters. The van der Waals surface area contributed by atoms with Gasteiger partial charge >= 0.3 is 0 Å². The van der Waals surface area contributed by atoms with Gasteiger partial charge in [0.25, 0.3) is 0 Å². The first kappa shape index (κ1) is 10.4. The number of hydrogen-bond acceptors (Lipinski definition) is 3. The van der Waals surface area contributed by atoms with Gasteiger partial charge in [-0.05, 0) is 39.2 Å².